The van der Waals surface area contributed by atoms with Gasteiger partial charge in [0.05, 0.1) is 10.0 Å². The van der Waals surface area contributed by atoms with Crippen LogP contribution in [0.25, 0.3) is 5.82 Å². The first-order chi connectivity index (χ1) is 11.5. The third-order valence-electron chi connectivity index (χ3n) is 3.22. The zero-order valence-electron chi connectivity index (χ0n) is 12.2. The first kappa shape index (κ1) is 16.9. The van der Waals surface area contributed by atoms with Crippen LogP contribution in [0.5, 0.6) is 0 Å². The molecule has 24 heavy (non-hydrogen) atoms. The van der Waals surface area contributed by atoms with Crippen LogP contribution in [0, 0.1) is 0 Å². The standard InChI is InChI=1S/C15H12Cl2N4O2S/c16-12-3-1-4-13(15(12)17)24(22,23)20-10-11-5-6-14(18-9-11)21-8-2-7-19-21/h1-9,20H,10H2. The lowest BCUT2D eigenvalue weighted by Crippen LogP contribution is -2.23. The molecule has 0 amide bonds. The van der Waals surface area contributed by atoms with E-state index >= 15 is 0 Å². The lowest BCUT2D eigenvalue weighted by molar-refractivity contribution is 0.581. The number of rotatable bonds is 5. The highest BCUT2D eigenvalue weighted by Crippen LogP contribution is 2.28. The number of hydrogen-bond acceptors (Lipinski definition) is 4. The summed E-state index contributed by atoms with van der Waals surface area (Å²) in [5, 5.41) is 4.26. The maximum Gasteiger partial charge on any atom is 0.242 e. The summed E-state index contributed by atoms with van der Waals surface area (Å²) < 4.78 is 28.8. The van der Waals surface area contributed by atoms with Crippen molar-refractivity contribution in [3.63, 3.8) is 0 Å². The van der Waals surface area contributed by atoms with E-state index < -0.39 is 10.0 Å². The molecule has 0 atom stereocenters. The molecule has 0 aliphatic rings. The molecule has 0 fully saturated rings. The second kappa shape index (κ2) is 6.90. The molecule has 0 aliphatic carbocycles. The third-order valence-corrected chi connectivity index (χ3v) is 5.59. The Hall–Kier alpha value is -1.93. The molecular formula is C15H12Cl2N4O2S. The van der Waals surface area contributed by atoms with Gasteiger partial charge < -0.3 is 0 Å². The van der Waals surface area contributed by atoms with Crippen LogP contribution in [0.3, 0.4) is 0 Å². The molecule has 6 nitrogen and oxygen atoms in total. The lowest BCUT2D eigenvalue weighted by Gasteiger charge is -2.09. The Balaban J connectivity index is 1.74. The van der Waals surface area contributed by atoms with E-state index in [0.717, 1.165) is 0 Å². The minimum Gasteiger partial charge on any atom is -0.237 e. The summed E-state index contributed by atoms with van der Waals surface area (Å²) in [5.41, 5.74) is 0.702. The van der Waals surface area contributed by atoms with Gasteiger partial charge in [-0.25, -0.2) is 22.8 Å². The minimum atomic E-state index is -3.78. The zero-order valence-corrected chi connectivity index (χ0v) is 14.6. The van der Waals surface area contributed by atoms with Crippen LogP contribution in [-0.4, -0.2) is 23.2 Å². The highest BCUT2D eigenvalue weighted by molar-refractivity contribution is 7.89. The normalized spacial score (nSPS) is 11.6. The van der Waals surface area contributed by atoms with Crippen molar-refractivity contribution in [3.05, 3.63) is 70.6 Å². The average Bonchev–Trinajstić information content (AvgIpc) is 3.10. The van der Waals surface area contributed by atoms with Crippen LogP contribution < -0.4 is 4.72 Å². The predicted molar refractivity (Wildman–Crippen MR) is 91.8 cm³/mol. The van der Waals surface area contributed by atoms with E-state index in [1.54, 1.807) is 41.5 Å². The first-order valence-corrected chi connectivity index (χ1v) is 9.10. The van der Waals surface area contributed by atoms with Crippen LogP contribution in [0.15, 0.2) is 59.9 Å². The number of hydrogen-bond donors (Lipinski definition) is 1. The molecule has 1 N–H and O–H groups in total. The fourth-order valence-electron chi connectivity index (χ4n) is 2.01. The van der Waals surface area contributed by atoms with Crippen molar-refractivity contribution in [3.8, 4) is 5.82 Å². The van der Waals surface area contributed by atoms with Crippen LogP contribution in [0.4, 0.5) is 0 Å². The number of nitrogens with one attached hydrogen (secondary N) is 1. The summed E-state index contributed by atoms with van der Waals surface area (Å²) in [5.74, 6) is 0.643. The molecular weight excluding hydrogens is 371 g/mol. The van der Waals surface area contributed by atoms with E-state index in [9.17, 15) is 8.42 Å². The van der Waals surface area contributed by atoms with Crippen molar-refractivity contribution in [1.82, 2.24) is 19.5 Å². The number of benzene rings is 1. The summed E-state index contributed by atoms with van der Waals surface area (Å²) in [6, 6.07) is 9.77. The van der Waals surface area contributed by atoms with Gasteiger partial charge in [-0.15, -0.1) is 0 Å². The maximum absolute atomic E-state index is 12.3. The molecule has 9 heteroatoms. The Morgan fingerprint density at radius 3 is 2.62 bits per heavy atom. The molecule has 0 bridgehead atoms. The Kier molecular flexibility index (Phi) is 4.86. The van der Waals surface area contributed by atoms with Crippen molar-refractivity contribution in [2.24, 2.45) is 0 Å². The van der Waals surface area contributed by atoms with Gasteiger partial charge in [-0.05, 0) is 29.8 Å². The maximum atomic E-state index is 12.3. The molecule has 0 aliphatic heterocycles. The number of aromatic nitrogens is 3. The van der Waals surface area contributed by atoms with E-state index in [2.05, 4.69) is 14.8 Å². The van der Waals surface area contributed by atoms with Gasteiger partial charge in [0.25, 0.3) is 0 Å². The van der Waals surface area contributed by atoms with Gasteiger partial charge in [0.2, 0.25) is 10.0 Å². The van der Waals surface area contributed by atoms with Crippen molar-refractivity contribution in [2.75, 3.05) is 0 Å². The van der Waals surface area contributed by atoms with Gasteiger partial charge in [-0.1, -0.05) is 35.3 Å². The smallest absolute Gasteiger partial charge is 0.237 e. The van der Waals surface area contributed by atoms with Gasteiger partial charge in [0.1, 0.15) is 4.90 Å². The van der Waals surface area contributed by atoms with E-state index in [0.29, 0.717) is 11.4 Å². The van der Waals surface area contributed by atoms with Crippen molar-refractivity contribution in [1.29, 1.82) is 0 Å². The van der Waals surface area contributed by atoms with Crippen LogP contribution in [-0.2, 0) is 16.6 Å². The predicted octanol–water partition coefficient (Wildman–Crippen LogP) is 3.05. The SMILES string of the molecule is O=S(=O)(NCc1ccc(-n2cccn2)nc1)c1cccc(Cl)c1Cl. The molecule has 2 heterocycles. The fraction of sp³-hybridized carbons (Fsp3) is 0.0667. The van der Waals surface area contributed by atoms with E-state index in [4.69, 9.17) is 23.2 Å². The summed E-state index contributed by atoms with van der Waals surface area (Å²) in [4.78, 5) is 4.19. The van der Waals surface area contributed by atoms with Crippen LogP contribution >= 0.6 is 23.2 Å². The average molecular weight is 383 g/mol. The molecule has 124 valence electrons. The highest BCUT2D eigenvalue weighted by atomic mass is 35.5. The van der Waals surface area contributed by atoms with Gasteiger partial charge in [-0.3, -0.25) is 0 Å². The van der Waals surface area contributed by atoms with E-state index in [1.165, 1.54) is 18.2 Å². The molecule has 0 radical (unpaired) electrons. The number of nitrogens with zero attached hydrogens (tertiary/aromatic N) is 3. The Labute approximate surface area is 149 Å². The van der Waals surface area contributed by atoms with Crippen molar-refractivity contribution >= 4 is 33.2 Å². The number of pyridine rings is 1. The fourth-order valence-corrected chi connectivity index (χ4v) is 3.79. The topological polar surface area (TPSA) is 76.9 Å². The molecule has 0 unspecified atom stereocenters. The molecule has 3 rings (SSSR count). The number of halogens is 2. The van der Waals surface area contributed by atoms with Gasteiger partial charge >= 0.3 is 0 Å². The molecule has 0 saturated carbocycles. The van der Waals surface area contributed by atoms with Gasteiger partial charge in [0.15, 0.2) is 5.82 Å². The summed E-state index contributed by atoms with van der Waals surface area (Å²) >= 11 is 11.8. The first-order valence-electron chi connectivity index (χ1n) is 6.86. The minimum absolute atomic E-state index is 0.00109. The Morgan fingerprint density at radius 1 is 1.12 bits per heavy atom. The molecule has 0 saturated heterocycles. The summed E-state index contributed by atoms with van der Waals surface area (Å²) in [6.45, 7) is 0.0809. The van der Waals surface area contributed by atoms with Gasteiger partial charge in [0, 0.05) is 25.1 Å². The molecule has 0 spiro atoms. The lowest BCUT2D eigenvalue weighted by atomic mass is 10.3. The zero-order chi connectivity index (χ0) is 17.2. The van der Waals surface area contributed by atoms with Crippen LogP contribution in [0.1, 0.15) is 5.56 Å². The summed E-state index contributed by atoms with van der Waals surface area (Å²) in [6.07, 6.45) is 5.00. The second-order valence-corrected chi connectivity index (χ2v) is 7.37. The van der Waals surface area contributed by atoms with E-state index in [-0.39, 0.29) is 21.5 Å². The van der Waals surface area contributed by atoms with Gasteiger partial charge in [-0.2, -0.15) is 5.10 Å². The quantitative estimate of drug-likeness (QED) is 0.735. The largest absolute Gasteiger partial charge is 0.242 e. The highest BCUT2D eigenvalue weighted by Gasteiger charge is 2.19. The Bertz CT molecular complexity index is 942. The third kappa shape index (κ3) is 3.59. The van der Waals surface area contributed by atoms with Crippen molar-refractivity contribution < 1.29 is 8.42 Å². The van der Waals surface area contributed by atoms with Crippen molar-refractivity contribution in [2.45, 2.75) is 11.4 Å². The molecule has 2 aromatic heterocycles. The molecule has 1 aromatic carbocycles. The summed E-state index contributed by atoms with van der Waals surface area (Å²) in [7, 11) is -3.78. The Morgan fingerprint density at radius 2 is 1.96 bits per heavy atom. The number of sulfonamides is 1. The van der Waals surface area contributed by atoms with E-state index in [1.807, 2.05) is 0 Å². The van der Waals surface area contributed by atoms with Crippen LogP contribution in [0.2, 0.25) is 10.0 Å². The molecule has 3 aromatic rings. The second-order valence-electron chi connectivity index (χ2n) is 4.85. The monoisotopic (exact) mass is 382 g/mol.